The first-order chi connectivity index (χ1) is 8.24. The molecule has 1 fully saturated rings. The molecule has 0 bridgehead atoms. The fraction of sp³-hybridized carbons (Fsp3) is 0.571. The van der Waals surface area contributed by atoms with Crippen LogP contribution in [0, 0.1) is 5.92 Å². The third kappa shape index (κ3) is 2.79. The summed E-state index contributed by atoms with van der Waals surface area (Å²) >= 11 is 0. The van der Waals surface area contributed by atoms with Crippen LogP contribution in [0.4, 0.5) is 0 Å². The van der Waals surface area contributed by atoms with Gasteiger partial charge in [-0.3, -0.25) is 0 Å². The highest BCUT2D eigenvalue weighted by atomic mass is 16.5. The lowest BCUT2D eigenvalue weighted by molar-refractivity contribution is 0.285. The quantitative estimate of drug-likeness (QED) is 0.837. The topological polar surface area (TPSA) is 47.3 Å². The Bertz CT molecular complexity index is 350. The molecule has 1 aliphatic rings. The van der Waals surface area contributed by atoms with Gasteiger partial charge in [0, 0.05) is 6.04 Å². The van der Waals surface area contributed by atoms with Crippen LogP contribution in [0.2, 0.25) is 0 Å². The van der Waals surface area contributed by atoms with Gasteiger partial charge in [0.1, 0.15) is 5.75 Å². The van der Waals surface area contributed by atoms with Crippen molar-refractivity contribution < 1.29 is 4.74 Å². The molecule has 0 spiro atoms. The molecule has 0 amide bonds. The zero-order valence-corrected chi connectivity index (χ0v) is 10.6. The number of benzene rings is 1. The molecule has 1 aromatic carbocycles. The summed E-state index contributed by atoms with van der Waals surface area (Å²) in [6, 6.07) is 8.99. The molecule has 17 heavy (non-hydrogen) atoms. The van der Waals surface area contributed by atoms with Crippen molar-refractivity contribution in [2.75, 3.05) is 20.2 Å². The smallest absolute Gasteiger partial charge is 0.118 e. The molecular weight excluding hydrogens is 212 g/mol. The van der Waals surface area contributed by atoms with Crippen molar-refractivity contribution in [3.8, 4) is 5.75 Å². The molecule has 0 saturated carbocycles. The van der Waals surface area contributed by atoms with E-state index < -0.39 is 0 Å². The van der Waals surface area contributed by atoms with E-state index in [2.05, 4.69) is 24.4 Å². The van der Waals surface area contributed by atoms with Gasteiger partial charge in [0.05, 0.1) is 7.11 Å². The van der Waals surface area contributed by atoms with E-state index >= 15 is 0 Å². The Balaban J connectivity index is 2.16. The molecule has 3 N–H and O–H groups in total. The van der Waals surface area contributed by atoms with Crippen LogP contribution in [0.3, 0.4) is 0 Å². The van der Waals surface area contributed by atoms with Gasteiger partial charge >= 0.3 is 0 Å². The maximum Gasteiger partial charge on any atom is 0.118 e. The van der Waals surface area contributed by atoms with E-state index in [9.17, 15) is 0 Å². The maximum atomic E-state index is 5.87. The van der Waals surface area contributed by atoms with E-state index in [4.69, 9.17) is 10.5 Å². The molecule has 2 rings (SSSR count). The molecule has 1 heterocycles. The SMILES string of the molecule is COc1ccc(C2CC(C)NCC2CN)cc1. The standard InChI is InChI=1S/C14H22N2O/c1-10-7-14(12(8-15)9-16-10)11-3-5-13(17-2)6-4-11/h3-6,10,12,14,16H,7-9,15H2,1-2H3. The van der Waals surface area contributed by atoms with Crippen molar-refractivity contribution in [2.45, 2.75) is 25.3 Å². The first kappa shape index (κ1) is 12.4. The average molecular weight is 234 g/mol. The largest absolute Gasteiger partial charge is 0.497 e. The molecule has 3 atom stereocenters. The Kier molecular flexibility index (Phi) is 4.02. The Morgan fingerprint density at radius 3 is 2.65 bits per heavy atom. The second-order valence-corrected chi connectivity index (χ2v) is 4.92. The lowest BCUT2D eigenvalue weighted by Crippen LogP contribution is -2.44. The summed E-state index contributed by atoms with van der Waals surface area (Å²) in [5.74, 6) is 2.03. The van der Waals surface area contributed by atoms with E-state index in [0.717, 1.165) is 25.3 Å². The zero-order valence-electron chi connectivity index (χ0n) is 10.6. The van der Waals surface area contributed by atoms with Gasteiger partial charge in [-0.05, 0) is 56.0 Å². The summed E-state index contributed by atoms with van der Waals surface area (Å²) < 4.78 is 5.19. The van der Waals surface area contributed by atoms with Crippen molar-refractivity contribution in [1.29, 1.82) is 0 Å². The van der Waals surface area contributed by atoms with Crippen molar-refractivity contribution in [1.82, 2.24) is 5.32 Å². The first-order valence-electron chi connectivity index (χ1n) is 6.32. The van der Waals surface area contributed by atoms with Gasteiger partial charge in [-0.25, -0.2) is 0 Å². The van der Waals surface area contributed by atoms with E-state index in [1.54, 1.807) is 7.11 Å². The molecule has 3 heteroatoms. The first-order valence-corrected chi connectivity index (χ1v) is 6.32. The number of ether oxygens (including phenoxy) is 1. The maximum absolute atomic E-state index is 5.87. The van der Waals surface area contributed by atoms with Crippen LogP contribution >= 0.6 is 0 Å². The Morgan fingerprint density at radius 2 is 2.06 bits per heavy atom. The molecule has 1 aromatic rings. The van der Waals surface area contributed by atoms with Crippen LogP contribution < -0.4 is 15.8 Å². The van der Waals surface area contributed by atoms with Crippen LogP contribution in [0.25, 0.3) is 0 Å². The van der Waals surface area contributed by atoms with Gasteiger partial charge in [-0.2, -0.15) is 0 Å². The highest BCUT2D eigenvalue weighted by Crippen LogP contribution is 2.32. The minimum atomic E-state index is 0.541. The van der Waals surface area contributed by atoms with Gasteiger partial charge in [0.2, 0.25) is 0 Å². The monoisotopic (exact) mass is 234 g/mol. The van der Waals surface area contributed by atoms with Crippen molar-refractivity contribution in [3.63, 3.8) is 0 Å². The lowest BCUT2D eigenvalue weighted by atomic mass is 9.79. The van der Waals surface area contributed by atoms with E-state index in [1.807, 2.05) is 12.1 Å². The third-order valence-corrected chi connectivity index (χ3v) is 3.75. The molecule has 0 aliphatic carbocycles. The molecule has 94 valence electrons. The van der Waals surface area contributed by atoms with Gasteiger partial charge < -0.3 is 15.8 Å². The Hall–Kier alpha value is -1.06. The molecule has 1 aliphatic heterocycles. The highest BCUT2D eigenvalue weighted by molar-refractivity contribution is 5.30. The summed E-state index contributed by atoms with van der Waals surface area (Å²) in [6.45, 7) is 4.01. The van der Waals surface area contributed by atoms with E-state index in [-0.39, 0.29) is 0 Å². The van der Waals surface area contributed by atoms with Gasteiger partial charge in [-0.1, -0.05) is 12.1 Å². The predicted octanol–water partition coefficient (Wildman–Crippen LogP) is 1.74. The number of hydrogen-bond acceptors (Lipinski definition) is 3. The third-order valence-electron chi connectivity index (χ3n) is 3.75. The van der Waals surface area contributed by atoms with Gasteiger partial charge in [0.25, 0.3) is 0 Å². The molecule has 0 radical (unpaired) electrons. The van der Waals surface area contributed by atoms with Crippen LogP contribution in [0.1, 0.15) is 24.8 Å². The second kappa shape index (κ2) is 5.52. The molecule has 0 aromatic heterocycles. The zero-order chi connectivity index (χ0) is 12.3. The highest BCUT2D eigenvalue weighted by Gasteiger charge is 2.28. The van der Waals surface area contributed by atoms with Crippen LogP contribution in [-0.4, -0.2) is 26.2 Å². The number of hydrogen-bond donors (Lipinski definition) is 2. The van der Waals surface area contributed by atoms with Crippen molar-refractivity contribution in [2.24, 2.45) is 11.7 Å². The molecule has 3 nitrogen and oxygen atoms in total. The second-order valence-electron chi connectivity index (χ2n) is 4.92. The number of nitrogens with two attached hydrogens (primary N) is 1. The number of piperidine rings is 1. The molecule has 3 unspecified atom stereocenters. The molecule has 1 saturated heterocycles. The lowest BCUT2D eigenvalue weighted by Gasteiger charge is -2.35. The van der Waals surface area contributed by atoms with Gasteiger partial charge in [-0.15, -0.1) is 0 Å². The van der Waals surface area contributed by atoms with Crippen molar-refractivity contribution >= 4 is 0 Å². The van der Waals surface area contributed by atoms with Crippen molar-refractivity contribution in [3.05, 3.63) is 29.8 Å². The fourth-order valence-electron chi connectivity index (χ4n) is 2.66. The number of rotatable bonds is 3. The molecular formula is C14H22N2O. The number of nitrogens with one attached hydrogen (secondary N) is 1. The summed E-state index contributed by atoms with van der Waals surface area (Å²) in [6.07, 6.45) is 1.16. The number of methoxy groups -OCH3 is 1. The minimum Gasteiger partial charge on any atom is -0.497 e. The summed E-state index contributed by atoms with van der Waals surface area (Å²) in [5, 5.41) is 3.50. The predicted molar refractivity (Wildman–Crippen MR) is 70.4 cm³/mol. The van der Waals surface area contributed by atoms with Crippen LogP contribution in [-0.2, 0) is 0 Å². The summed E-state index contributed by atoms with van der Waals surface area (Å²) in [5.41, 5.74) is 7.25. The van der Waals surface area contributed by atoms with E-state index in [1.165, 1.54) is 5.56 Å². The normalized spacial score (nSPS) is 29.0. The summed E-state index contributed by atoms with van der Waals surface area (Å²) in [7, 11) is 1.70. The average Bonchev–Trinajstić information content (AvgIpc) is 2.39. The van der Waals surface area contributed by atoms with Gasteiger partial charge in [0.15, 0.2) is 0 Å². The minimum absolute atomic E-state index is 0.541. The Morgan fingerprint density at radius 1 is 1.35 bits per heavy atom. The van der Waals surface area contributed by atoms with Crippen LogP contribution in [0.15, 0.2) is 24.3 Å². The fourth-order valence-corrected chi connectivity index (χ4v) is 2.66. The summed E-state index contributed by atoms with van der Waals surface area (Å²) in [4.78, 5) is 0. The Labute approximate surface area is 103 Å². The van der Waals surface area contributed by atoms with Crippen LogP contribution in [0.5, 0.6) is 5.75 Å². The van der Waals surface area contributed by atoms with E-state index in [0.29, 0.717) is 17.9 Å².